The van der Waals surface area contributed by atoms with Gasteiger partial charge in [-0.25, -0.2) is 13.1 Å². The number of nitrogens with one attached hydrogen (secondary N) is 1. The summed E-state index contributed by atoms with van der Waals surface area (Å²) < 4.78 is 26.8. The lowest BCUT2D eigenvalue weighted by atomic mass is 10.1. The Hall–Kier alpha value is -1.35. The molecule has 0 fully saturated rings. The van der Waals surface area contributed by atoms with E-state index in [1.165, 1.54) is 12.1 Å². The third kappa shape index (κ3) is 5.74. The van der Waals surface area contributed by atoms with Crippen molar-refractivity contribution in [1.82, 2.24) is 4.72 Å². The Kier molecular flexibility index (Phi) is 6.73. The summed E-state index contributed by atoms with van der Waals surface area (Å²) in [4.78, 5) is 0.201. The van der Waals surface area contributed by atoms with Crippen LogP contribution in [-0.4, -0.2) is 26.7 Å². The Labute approximate surface area is 121 Å². The Morgan fingerprint density at radius 3 is 2.75 bits per heavy atom. The molecule has 2 N–H and O–H groups in total. The minimum absolute atomic E-state index is 0.201. The van der Waals surface area contributed by atoms with Gasteiger partial charge in [-0.05, 0) is 37.0 Å². The lowest BCUT2D eigenvalue weighted by molar-refractivity contribution is 0.350. The molecule has 1 aromatic carbocycles. The number of sulfonamides is 1. The highest BCUT2D eigenvalue weighted by atomic mass is 32.2. The molecule has 0 atom stereocenters. The second kappa shape index (κ2) is 8.05. The van der Waals surface area contributed by atoms with Crippen LogP contribution in [0.5, 0.6) is 0 Å². The first kappa shape index (κ1) is 16.7. The Bertz CT molecular complexity index is 583. The van der Waals surface area contributed by atoms with Gasteiger partial charge < -0.3 is 5.11 Å². The SMILES string of the molecule is CC(C)CCCNS(=O)(=O)c1cccc(C#CCO)c1. The maximum Gasteiger partial charge on any atom is 0.240 e. The van der Waals surface area contributed by atoms with Crippen molar-refractivity contribution < 1.29 is 13.5 Å². The molecule has 0 aromatic heterocycles. The average molecular weight is 295 g/mol. The zero-order valence-corrected chi connectivity index (χ0v) is 12.7. The maximum atomic E-state index is 12.1. The molecule has 0 bridgehead atoms. The van der Waals surface area contributed by atoms with E-state index >= 15 is 0 Å². The number of rotatable bonds is 6. The highest BCUT2D eigenvalue weighted by Crippen LogP contribution is 2.11. The molecule has 0 spiro atoms. The quantitative estimate of drug-likeness (QED) is 0.620. The molecular formula is C15H21NO3S. The van der Waals surface area contributed by atoms with Gasteiger partial charge in [0.15, 0.2) is 0 Å². The molecule has 20 heavy (non-hydrogen) atoms. The van der Waals surface area contributed by atoms with Crippen LogP contribution < -0.4 is 4.72 Å². The molecule has 0 radical (unpaired) electrons. The van der Waals surface area contributed by atoms with Crippen molar-refractivity contribution in [2.24, 2.45) is 5.92 Å². The van der Waals surface area contributed by atoms with Gasteiger partial charge in [0.1, 0.15) is 6.61 Å². The van der Waals surface area contributed by atoms with E-state index in [0.29, 0.717) is 18.0 Å². The van der Waals surface area contributed by atoms with Crippen LogP contribution in [0.2, 0.25) is 0 Å². The van der Waals surface area contributed by atoms with Crippen LogP contribution in [0.3, 0.4) is 0 Å². The van der Waals surface area contributed by atoms with Crippen molar-refractivity contribution in [3.8, 4) is 11.8 Å². The second-order valence-electron chi connectivity index (χ2n) is 4.92. The van der Waals surface area contributed by atoms with Crippen molar-refractivity contribution in [2.75, 3.05) is 13.2 Å². The van der Waals surface area contributed by atoms with Gasteiger partial charge in [0.25, 0.3) is 0 Å². The van der Waals surface area contributed by atoms with Crippen molar-refractivity contribution >= 4 is 10.0 Å². The van der Waals surface area contributed by atoms with Crippen molar-refractivity contribution in [1.29, 1.82) is 0 Å². The van der Waals surface area contributed by atoms with Crippen molar-refractivity contribution in [3.63, 3.8) is 0 Å². The van der Waals surface area contributed by atoms with E-state index in [0.717, 1.165) is 12.8 Å². The predicted octanol–water partition coefficient (Wildman–Crippen LogP) is 1.74. The van der Waals surface area contributed by atoms with E-state index in [9.17, 15) is 8.42 Å². The Morgan fingerprint density at radius 1 is 1.35 bits per heavy atom. The Morgan fingerprint density at radius 2 is 2.10 bits per heavy atom. The van der Waals surface area contributed by atoms with E-state index in [4.69, 9.17) is 5.11 Å². The number of aliphatic hydroxyl groups excluding tert-OH is 1. The van der Waals surface area contributed by atoms with E-state index in [-0.39, 0.29) is 11.5 Å². The van der Waals surface area contributed by atoms with Crippen LogP contribution in [0, 0.1) is 17.8 Å². The molecule has 0 heterocycles. The molecule has 0 saturated heterocycles. The topological polar surface area (TPSA) is 66.4 Å². The van der Waals surface area contributed by atoms with Crippen LogP contribution in [0.4, 0.5) is 0 Å². The van der Waals surface area contributed by atoms with E-state index < -0.39 is 10.0 Å². The van der Waals surface area contributed by atoms with E-state index in [1.54, 1.807) is 12.1 Å². The highest BCUT2D eigenvalue weighted by Gasteiger charge is 2.13. The first-order valence-electron chi connectivity index (χ1n) is 6.65. The fraction of sp³-hybridized carbons (Fsp3) is 0.467. The first-order chi connectivity index (χ1) is 9.45. The van der Waals surface area contributed by atoms with Gasteiger partial charge in [0.2, 0.25) is 10.0 Å². The fourth-order valence-electron chi connectivity index (χ4n) is 1.68. The molecule has 4 nitrogen and oxygen atoms in total. The fourth-order valence-corrected chi connectivity index (χ4v) is 2.80. The van der Waals surface area contributed by atoms with Crippen LogP contribution in [-0.2, 0) is 10.0 Å². The van der Waals surface area contributed by atoms with Gasteiger partial charge in [-0.2, -0.15) is 0 Å². The standard InChI is InChI=1S/C15H21NO3S/c1-13(2)6-4-10-16-20(18,19)15-9-3-7-14(12-15)8-5-11-17/h3,7,9,12-13,16-17H,4,6,10-11H2,1-2H3. The van der Waals surface area contributed by atoms with Gasteiger partial charge in [0, 0.05) is 12.1 Å². The molecule has 0 amide bonds. The highest BCUT2D eigenvalue weighted by molar-refractivity contribution is 7.89. The predicted molar refractivity (Wildman–Crippen MR) is 79.7 cm³/mol. The lowest BCUT2D eigenvalue weighted by Gasteiger charge is -2.08. The summed E-state index contributed by atoms with van der Waals surface area (Å²) >= 11 is 0. The molecule has 1 rings (SSSR count). The monoisotopic (exact) mass is 295 g/mol. The second-order valence-corrected chi connectivity index (χ2v) is 6.69. The van der Waals surface area contributed by atoms with Gasteiger partial charge in [0.05, 0.1) is 4.90 Å². The van der Waals surface area contributed by atoms with Crippen LogP contribution in [0.15, 0.2) is 29.2 Å². The van der Waals surface area contributed by atoms with Crippen LogP contribution in [0.1, 0.15) is 32.3 Å². The van der Waals surface area contributed by atoms with Crippen LogP contribution >= 0.6 is 0 Å². The molecule has 1 aromatic rings. The molecule has 5 heteroatoms. The normalized spacial score (nSPS) is 11.2. The number of benzene rings is 1. The summed E-state index contributed by atoms with van der Waals surface area (Å²) in [6.07, 6.45) is 1.81. The van der Waals surface area contributed by atoms with Crippen LogP contribution in [0.25, 0.3) is 0 Å². The summed E-state index contributed by atoms with van der Waals surface area (Å²) in [6.45, 7) is 4.41. The van der Waals surface area contributed by atoms with E-state index in [2.05, 4.69) is 30.4 Å². The third-order valence-electron chi connectivity index (χ3n) is 2.71. The maximum absolute atomic E-state index is 12.1. The summed E-state index contributed by atoms with van der Waals surface area (Å²) in [5, 5.41) is 8.64. The minimum Gasteiger partial charge on any atom is -0.384 e. The van der Waals surface area contributed by atoms with Gasteiger partial charge >= 0.3 is 0 Å². The lowest BCUT2D eigenvalue weighted by Crippen LogP contribution is -2.25. The van der Waals surface area contributed by atoms with Crippen molar-refractivity contribution in [3.05, 3.63) is 29.8 Å². The van der Waals surface area contributed by atoms with Crippen molar-refractivity contribution in [2.45, 2.75) is 31.6 Å². The molecule has 0 aliphatic rings. The summed E-state index contributed by atoms with van der Waals surface area (Å²) in [5.41, 5.74) is 0.573. The molecule has 0 aliphatic carbocycles. The number of aliphatic hydroxyl groups is 1. The average Bonchev–Trinajstić information content (AvgIpc) is 2.41. The molecule has 0 aliphatic heterocycles. The smallest absolute Gasteiger partial charge is 0.240 e. The first-order valence-corrected chi connectivity index (χ1v) is 8.13. The summed E-state index contributed by atoms with van der Waals surface area (Å²) in [7, 11) is -3.49. The Balaban J connectivity index is 2.72. The summed E-state index contributed by atoms with van der Waals surface area (Å²) in [5.74, 6) is 5.76. The van der Waals surface area contributed by atoms with Gasteiger partial charge in [-0.15, -0.1) is 0 Å². The summed E-state index contributed by atoms with van der Waals surface area (Å²) in [6, 6.07) is 6.40. The third-order valence-corrected chi connectivity index (χ3v) is 4.17. The zero-order chi connectivity index (χ0) is 15.0. The molecule has 110 valence electrons. The molecule has 0 unspecified atom stereocenters. The zero-order valence-electron chi connectivity index (χ0n) is 11.9. The molecule has 0 saturated carbocycles. The largest absolute Gasteiger partial charge is 0.384 e. The minimum atomic E-state index is -3.49. The van der Waals surface area contributed by atoms with E-state index in [1.807, 2.05) is 0 Å². The molecular weight excluding hydrogens is 274 g/mol. The van der Waals surface area contributed by atoms with Gasteiger partial charge in [-0.3, -0.25) is 0 Å². The van der Waals surface area contributed by atoms with Gasteiger partial charge in [-0.1, -0.05) is 31.8 Å². The number of hydrogen-bond donors (Lipinski definition) is 2. The number of hydrogen-bond acceptors (Lipinski definition) is 3.